The quantitative estimate of drug-likeness (QED) is 0.615. The van der Waals surface area contributed by atoms with Crippen molar-refractivity contribution in [1.29, 1.82) is 0 Å². The van der Waals surface area contributed by atoms with Gasteiger partial charge in [0.05, 0.1) is 12.4 Å². The van der Waals surface area contributed by atoms with Gasteiger partial charge in [0.25, 0.3) is 0 Å². The smallest absolute Gasteiger partial charge is 0.148 e. The Bertz CT molecular complexity index is 119. The maximum Gasteiger partial charge on any atom is 0.148 e. The number of hydrogen-bond donors (Lipinski definition) is 0. The first-order chi connectivity index (χ1) is 4.84. The van der Waals surface area contributed by atoms with Crippen LogP contribution >= 0.6 is 11.8 Å². The Morgan fingerprint density at radius 1 is 1.80 bits per heavy atom. The SMILES string of the molecule is CSCC(=O)C1CCOC1. The molecule has 1 aliphatic rings. The van der Waals surface area contributed by atoms with Crippen molar-refractivity contribution in [2.45, 2.75) is 6.42 Å². The average molecular weight is 160 g/mol. The molecule has 0 bridgehead atoms. The highest BCUT2D eigenvalue weighted by molar-refractivity contribution is 7.99. The van der Waals surface area contributed by atoms with Crippen LogP contribution in [-0.4, -0.2) is 31.0 Å². The minimum atomic E-state index is 0.201. The van der Waals surface area contributed by atoms with Crippen molar-refractivity contribution in [3.05, 3.63) is 0 Å². The zero-order valence-electron chi connectivity index (χ0n) is 6.13. The second-order valence-electron chi connectivity index (χ2n) is 2.46. The number of thioether (sulfide) groups is 1. The molecule has 1 atom stereocenters. The fraction of sp³-hybridized carbons (Fsp3) is 0.857. The molecule has 1 heterocycles. The van der Waals surface area contributed by atoms with E-state index >= 15 is 0 Å². The summed E-state index contributed by atoms with van der Waals surface area (Å²) in [5.74, 6) is 1.20. The van der Waals surface area contributed by atoms with Crippen LogP contribution in [0.25, 0.3) is 0 Å². The van der Waals surface area contributed by atoms with Gasteiger partial charge in [-0.1, -0.05) is 0 Å². The lowest BCUT2D eigenvalue weighted by Gasteiger charge is -2.02. The van der Waals surface area contributed by atoms with Crippen molar-refractivity contribution in [1.82, 2.24) is 0 Å². The van der Waals surface area contributed by atoms with Gasteiger partial charge in [-0.3, -0.25) is 4.79 Å². The molecule has 0 spiro atoms. The van der Waals surface area contributed by atoms with Gasteiger partial charge in [-0.25, -0.2) is 0 Å². The zero-order chi connectivity index (χ0) is 7.40. The van der Waals surface area contributed by atoms with Crippen LogP contribution in [0, 0.1) is 5.92 Å². The van der Waals surface area contributed by atoms with Gasteiger partial charge in [-0.15, -0.1) is 0 Å². The zero-order valence-corrected chi connectivity index (χ0v) is 6.95. The van der Waals surface area contributed by atoms with E-state index in [0.29, 0.717) is 18.1 Å². The first-order valence-corrected chi connectivity index (χ1v) is 4.83. The van der Waals surface area contributed by atoms with Crippen LogP contribution in [0.5, 0.6) is 0 Å². The lowest BCUT2D eigenvalue weighted by Crippen LogP contribution is -2.16. The molecule has 0 saturated carbocycles. The van der Waals surface area contributed by atoms with Crippen LogP contribution in [0.15, 0.2) is 0 Å². The highest BCUT2D eigenvalue weighted by Gasteiger charge is 2.22. The van der Waals surface area contributed by atoms with Gasteiger partial charge in [-0.05, 0) is 12.7 Å². The van der Waals surface area contributed by atoms with E-state index in [4.69, 9.17) is 4.74 Å². The summed E-state index contributed by atoms with van der Waals surface area (Å²) in [5, 5.41) is 0. The summed E-state index contributed by atoms with van der Waals surface area (Å²) in [4.78, 5) is 11.1. The van der Waals surface area contributed by atoms with E-state index in [0.717, 1.165) is 13.0 Å². The molecule has 0 aromatic heterocycles. The van der Waals surface area contributed by atoms with Gasteiger partial charge in [0.2, 0.25) is 0 Å². The summed E-state index contributed by atoms with van der Waals surface area (Å²) >= 11 is 1.59. The first kappa shape index (κ1) is 8.08. The molecule has 0 aromatic rings. The molecule has 0 radical (unpaired) electrons. The van der Waals surface area contributed by atoms with E-state index in [1.807, 2.05) is 6.26 Å². The molecule has 58 valence electrons. The Kier molecular flexibility index (Phi) is 3.22. The van der Waals surface area contributed by atoms with E-state index in [9.17, 15) is 4.79 Å². The third kappa shape index (κ3) is 1.99. The lowest BCUT2D eigenvalue weighted by molar-refractivity contribution is -0.120. The maximum absolute atomic E-state index is 11.1. The fourth-order valence-corrected chi connectivity index (χ4v) is 1.57. The van der Waals surface area contributed by atoms with Crippen LogP contribution in [-0.2, 0) is 9.53 Å². The number of hydrogen-bond acceptors (Lipinski definition) is 3. The van der Waals surface area contributed by atoms with Crippen LogP contribution in [0.4, 0.5) is 0 Å². The van der Waals surface area contributed by atoms with Crippen LogP contribution in [0.2, 0.25) is 0 Å². The monoisotopic (exact) mass is 160 g/mol. The summed E-state index contributed by atoms with van der Waals surface area (Å²) in [5.41, 5.74) is 0. The van der Waals surface area contributed by atoms with Crippen molar-refractivity contribution in [2.24, 2.45) is 5.92 Å². The van der Waals surface area contributed by atoms with Gasteiger partial charge in [0, 0.05) is 12.5 Å². The third-order valence-electron chi connectivity index (χ3n) is 1.67. The van der Waals surface area contributed by atoms with Crippen molar-refractivity contribution >= 4 is 17.5 Å². The molecular formula is C7H12O2S. The summed E-state index contributed by atoms with van der Waals surface area (Å²) in [6, 6.07) is 0. The van der Waals surface area contributed by atoms with Crippen molar-refractivity contribution in [3.8, 4) is 0 Å². The fourth-order valence-electron chi connectivity index (χ4n) is 1.05. The topological polar surface area (TPSA) is 26.3 Å². The standard InChI is InChI=1S/C7H12O2S/c1-10-5-7(8)6-2-3-9-4-6/h6H,2-5H2,1H3. The number of ether oxygens (including phenoxy) is 1. The number of ketones is 1. The molecule has 0 amide bonds. The summed E-state index contributed by atoms with van der Waals surface area (Å²) in [6.07, 6.45) is 2.88. The van der Waals surface area contributed by atoms with Crippen molar-refractivity contribution in [3.63, 3.8) is 0 Å². The molecule has 0 aliphatic carbocycles. The molecule has 1 saturated heterocycles. The molecule has 3 heteroatoms. The van der Waals surface area contributed by atoms with Crippen LogP contribution in [0.3, 0.4) is 0 Å². The summed E-state index contributed by atoms with van der Waals surface area (Å²) in [7, 11) is 0. The summed E-state index contributed by atoms with van der Waals surface area (Å²) < 4.78 is 5.09. The Labute approximate surface area is 65.3 Å². The Hall–Kier alpha value is -0.0200. The number of carbonyl (C=O) groups is 1. The van der Waals surface area contributed by atoms with Gasteiger partial charge in [-0.2, -0.15) is 11.8 Å². The third-order valence-corrected chi connectivity index (χ3v) is 2.24. The number of rotatable bonds is 3. The Morgan fingerprint density at radius 2 is 2.60 bits per heavy atom. The van der Waals surface area contributed by atoms with Crippen LogP contribution < -0.4 is 0 Å². The molecule has 2 nitrogen and oxygen atoms in total. The summed E-state index contributed by atoms with van der Waals surface area (Å²) in [6.45, 7) is 1.42. The highest BCUT2D eigenvalue weighted by atomic mass is 32.2. The largest absolute Gasteiger partial charge is 0.381 e. The predicted molar refractivity (Wildman–Crippen MR) is 42.3 cm³/mol. The van der Waals surface area contributed by atoms with E-state index in [1.54, 1.807) is 11.8 Å². The maximum atomic E-state index is 11.1. The molecule has 1 rings (SSSR count). The molecule has 0 N–H and O–H groups in total. The van der Waals surface area contributed by atoms with E-state index in [2.05, 4.69) is 0 Å². The highest BCUT2D eigenvalue weighted by Crippen LogP contribution is 2.14. The minimum Gasteiger partial charge on any atom is -0.381 e. The molecule has 1 unspecified atom stereocenters. The van der Waals surface area contributed by atoms with Gasteiger partial charge in [0.15, 0.2) is 0 Å². The van der Waals surface area contributed by atoms with Gasteiger partial charge in [0.1, 0.15) is 5.78 Å². The van der Waals surface area contributed by atoms with Crippen molar-refractivity contribution < 1.29 is 9.53 Å². The molecular weight excluding hydrogens is 148 g/mol. The van der Waals surface area contributed by atoms with Gasteiger partial charge >= 0.3 is 0 Å². The second-order valence-corrected chi connectivity index (χ2v) is 3.33. The normalized spacial score (nSPS) is 25.1. The predicted octanol–water partition coefficient (Wildman–Crippen LogP) is 0.955. The lowest BCUT2D eigenvalue weighted by atomic mass is 10.1. The Balaban J connectivity index is 2.25. The van der Waals surface area contributed by atoms with E-state index in [-0.39, 0.29) is 5.92 Å². The Morgan fingerprint density at radius 3 is 3.10 bits per heavy atom. The second kappa shape index (κ2) is 3.98. The number of carbonyl (C=O) groups excluding carboxylic acids is 1. The number of Topliss-reactive ketones (excluding diaryl/α,β-unsaturated/α-hetero) is 1. The average Bonchev–Trinajstić information content (AvgIpc) is 2.38. The molecule has 10 heavy (non-hydrogen) atoms. The van der Waals surface area contributed by atoms with Crippen LogP contribution in [0.1, 0.15) is 6.42 Å². The minimum absolute atomic E-state index is 0.201. The van der Waals surface area contributed by atoms with Crippen molar-refractivity contribution in [2.75, 3.05) is 25.2 Å². The van der Waals surface area contributed by atoms with E-state index < -0.39 is 0 Å². The molecule has 1 aliphatic heterocycles. The van der Waals surface area contributed by atoms with E-state index in [1.165, 1.54) is 0 Å². The molecule has 0 aromatic carbocycles. The molecule has 1 fully saturated rings. The first-order valence-electron chi connectivity index (χ1n) is 3.44. The van der Waals surface area contributed by atoms with Gasteiger partial charge < -0.3 is 4.74 Å².